The summed E-state index contributed by atoms with van der Waals surface area (Å²) >= 11 is 7.22. The number of hydrogen-bond acceptors (Lipinski definition) is 6. The van der Waals surface area contributed by atoms with E-state index in [-0.39, 0.29) is 18.5 Å². The predicted molar refractivity (Wildman–Crippen MR) is 116 cm³/mol. The maximum atomic E-state index is 13.2. The van der Waals surface area contributed by atoms with Crippen LogP contribution >= 0.6 is 22.9 Å². The van der Waals surface area contributed by atoms with E-state index in [1.54, 1.807) is 47.4 Å². The van der Waals surface area contributed by atoms with E-state index < -0.39 is 0 Å². The molecular weight excluding hydrogens is 424 g/mol. The van der Waals surface area contributed by atoms with Gasteiger partial charge in [-0.3, -0.25) is 4.79 Å². The summed E-state index contributed by atoms with van der Waals surface area (Å²) in [6.07, 6.45) is 0.691. The van der Waals surface area contributed by atoms with Gasteiger partial charge < -0.3 is 14.4 Å². The molecule has 0 N–H and O–H groups in total. The Morgan fingerprint density at radius 1 is 1.20 bits per heavy atom. The van der Waals surface area contributed by atoms with Gasteiger partial charge in [0.25, 0.3) is 5.91 Å². The van der Waals surface area contributed by atoms with Crippen LogP contribution in [0.2, 0.25) is 5.02 Å². The van der Waals surface area contributed by atoms with Crippen molar-refractivity contribution in [3.63, 3.8) is 0 Å². The molecular formula is C22H19ClN2O4S. The highest BCUT2D eigenvalue weighted by molar-refractivity contribution is 7.13. The number of benzene rings is 2. The number of carbonyl (C=O) groups is 2. The van der Waals surface area contributed by atoms with Crippen LogP contribution in [0.15, 0.2) is 42.5 Å². The van der Waals surface area contributed by atoms with Gasteiger partial charge in [-0.2, -0.15) is 0 Å². The number of hydrogen-bond donors (Lipinski definition) is 0. The van der Waals surface area contributed by atoms with Crippen LogP contribution in [0.25, 0.3) is 0 Å². The Labute approximate surface area is 183 Å². The molecule has 3 aromatic rings. The number of esters is 1. The van der Waals surface area contributed by atoms with E-state index in [1.807, 2.05) is 6.92 Å². The molecule has 1 aromatic heterocycles. The average Bonchev–Trinajstić information content (AvgIpc) is 3.35. The lowest BCUT2D eigenvalue weighted by atomic mass is 10.1. The molecule has 1 aliphatic rings. The Morgan fingerprint density at radius 2 is 1.97 bits per heavy atom. The normalized spacial score (nSPS) is 12.6. The topological polar surface area (TPSA) is 68.7 Å². The summed E-state index contributed by atoms with van der Waals surface area (Å²) < 4.78 is 10.5. The molecule has 8 heteroatoms. The van der Waals surface area contributed by atoms with E-state index in [0.717, 1.165) is 16.3 Å². The summed E-state index contributed by atoms with van der Waals surface area (Å²) in [5, 5.41) is 1.37. The molecule has 0 spiro atoms. The lowest BCUT2D eigenvalue weighted by Gasteiger charge is -2.16. The SMILES string of the molecule is COC(=O)c1ccc2c(c1)CCN2C(=O)c1sc(COc2ccc(Cl)cc2)nc1C. The van der Waals surface area contributed by atoms with Gasteiger partial charge in [-0.1, -0.05) is 11.6 Å². The monoisotopic (exact) mass is 442 g/mol. The lowest BCUT2D eigenvalue weighted by Crippen LogP contribution is -2.28. The van der Waals surface area contributed by atoms with Gasteiger partial charge in [-0.25, -0.2) is 9.78 Å². The van der Waals surface area contributed by atoms with Crippen LogP contribution in [0.1, 0.15) is 36.3 Å². The van der Waals surface area contributed by atoms with Crippen LogP contribution in [-0.4, -0.2) is 30.5 Å². The van der Waals surface area contributed by atoms with Crippen molar-refractivity contribution in [3.8, 4) is 5.75 Å². The Bertz CT molecular complexity index is 1110. The second kappa shape index (κ2) is 8.45. The first-order valence-electron chi connectivity index (χ1n) is 9.34. The molecule has 30 heavy (non-hydrogen) atoms. The quantitative estimate of drug-likeness (QED) is 0.537. The number of aryl methyl sites for hydroxylation is 1. The number of fused-ring (bicyclic) bond motifs is 1. The Kier molecular flexibility index (Phi) is 5.74. The fraction of sp³-hybridized carbons (Fsp3) is 0.227. The van der Waals surface area contributed by atoms with E-state index >= 15 is 0 Å². The molecule has 0 fully saturated rings. The maximum absolute atomic E-state index is 13.2. The molecule has 6 nitrogen and oxygen atoms in total. The fourth-order valence-electron chi connectivity index (χ4n) is 3.37. The Balaban J connectivity index is 1.49. The summed E-state index contributed by atoms with van der Waals surface area (Å²) in [4.78, 5) is 31.8. The van der Waals surface area contributed by atoms with Gasteiger partial charge in [0.05, 0.1) is 18.4 Å². The minimum Gasteiger partial charge on any atom is -0.486 e. The number of anilines is 1. The summed E-state index contributed by atoms with van der Waals surface area (Å²) in [5.74, 6) is 0.216. The van der Waals surface area contributed by atoms with Gasteiger partial charge in [-0.05, 0) is 61.4 Å². The molecule has 0 unspecified atom stereocenters. The highest BCUT2D eigenvalue weighted by Crippen LogP contribution is 2.32. The zero-order chi connectivity index (χ0) is 21.3. The summed E-state index contributed by atoms with van der Waals surface area (Å²) in [5.41, 5.74) is 2.94. The van der Waals surface area contributed by atoms with Crippen molar-refractivity contribution in [1.82, 2.24) is 4.98 Å². The van der Waals surface area contributed by atoms with E-state index in [1.165, 1.54) is 18.4 Å². The number of thiazole rings is 1. The molecule has 0 saturated carbocycles. The van der Waals surface area contributed by atoms with Gasteiger partial charge in [0, 0.05) is 17.3 Å². The van der Waals surface area contributed by atoms with E-state index in [9.17, 15) is 9.59 Å². The molecule has 0 aliphatic carbocycles. The summed E-state index contributed by atoms with van der Waals surface area (Å²) in [6, 6.07) is 12.4. The average molecular weight is 443 g/mol. The second-order valence-electron chi connectivity index (χ2n) is 6.81. The molecule has 0 saturated heterocycles. The number of carbonyl (C=O) groups excluding carboxylic acids is 2. The molecule has 1 amide bonds. The molecule has 1 aliphatic heterocycles. The first kappa shape index (κ1) is 20.4. The van der Waals surface area contributed by atoms with E-state index in [4.69, 9.17) is 21.1 Å². The van der Waals surface area contributed by atoms with Gasteiger partial charge in [-0.15, -0.1) is 11.3 Å². The molecule has 2 heterocycles. The standard InChI is InChI=1S/C22H19ClN2O4S/c1-13-20(30-19(24-13)12-29-17-6-4-16(23)5-7-17)21(26)25-10-9-14-11-15(22(27)28-2)3-8-18(14)25/h3-8,11H,9-10,12H2,1-2H3. The number of amides is 1. The zero-order valence-electron chi connectivity index (χ0n) is 16.5. The number of nitrogens with zero attached hydrogens (tertiary/aromatic N) is 2. The second-order valence-corrected chi connectivity index (χ2v) is 8.33. The van der Waals surface area contributed by atoms with Crippen LogP contribution in [0.3, 0.4) is 0 Å². The van der Waals surface area contributed by atoms with Crippen LogP contribution in [0.5, 0.6) is 5.75 Å². The molecule has 2 aromatic carbocycles. The maximum Gasteiger partial charge on any atom is 0.337 e. The molecule has 0 radical (unpaired) electrons. The third-order valence-corrected chi connectivity index (χ3v) is 6.22. The molecule has 4 rings (SSSR count). The van der Waals surface area contributed by atoms with Gasteiger partial charge >= 0.3 is 5.97 Å². The Morgan fingerprint density at radius 3 is 2.70 bits per heavy atom. The first-order chi connectivity index (χ1) is 14.5. The van der Waals surface area contributed by atoms with E-state index in [0.29, 0.717) is 39.9 Å². The van der Waals surface area contributed by atoms with Crippen LogP contribution in [-0.2, 0) is 17.8 Å². The minimum absolute atomic E-state index is 0.0905. The van der Waals surface area contributed by atoms with Crippen LogP contribution in [0.4, 0.5) is 5.69 Å². The van der Waals surface area contributed by atoms with E-state index in [2.05, 4.69) is 4.98 Å². The number of halogens is 1. The van der Waals surface area contributed by atoms with Crippen molar-refractivity contribution in [2.45, 2.75) is 20.0 Å². The van der Waals surface area contributed by atoms with Crippen LogP contribution in [0, 0.1) is 6.92 Å². The van der Waals surface area contributed by atoms with Crippen LogP contribution < -0.4 is 9.64 Å². The first-order valence-corrected chi connectivity index (χ1v) is 10.5. The van der Waals surface area contributed by atoms with Crippen molar-refractivity contribution in [2.75, 3.05) is 18.6 Å². The minimum atomic E-state index is -0.383. The highest BCUT2D eigenvalue weighted by Gasteiger charge is 2.29. The van der Waals surface area contributed by atoms with Crippen molar-refractivity contribution in [3.05, 3.63) is 74.2 Å². The largest absolute Gasteiger partial charge is 0.486 e. The third kappa shape index (κ3) is 4.04. The summed E-state index contributed by atoms with van der Waals surface area (Å²) in [7, 11) is 1.35. The lowest BCUT2D eigenvalue weighted by molar-refractivity contribution is 0.0600. The molecule has 0 atom stereocenters. The number of methoxy groups -OCH3 is 1. The van der Waals surface area contributed by atoms with Crippen molar-refractivity contribution in [1.29, 1.82) is 0 Å². The number of rotatable bonds is 5. The van der Waals surface area contributed by atoms with Crippen molar-refractivity contribution in [2.24, 2.45) is 0 Å². The third-order valence-electron chi connectivity index (χ3n) is 4.85. The number of aromatic nitrogens is 1. The zero-order valence-corrected chi connectivity index (χ0v) is 18.0. The molecule has 154 valence electrons. The Hall–Kier alpha value is -2.90. The van der Waals surface area contributed by atoms with Gasteiger partial charge in [0.2, 0.25) is 0 Å². The van der Waals surface area contributed by atoms with Gasteiger partial charge in [0.1, 0.15) is 22.2 Å². The highest BCUT2D eigenvalue weighted by atomic mass is 35.5. The van der Waals surface area contributed by atoms with Crippen molar-refractivity contribution >= 4 is 40.5 Å². The smallest absolute Gasteiger partial charge is 0.337 e. The molecule has 0 bridgehead atoms. The van der Waals surface area contributed by atoms with Crippen molar-refractivity contribution < 1.29 is 19.1 Å². The number of ether oxygens (including phenoxy) is 2. The summed E-state index contributed by atoms with van der Waals surface area (Å²) in [6.45, 7) is 2.67. The predicted octanol–water partition coefficient (Wildman–Crippen LogP) is 4.67. The fourth-order valence-corrected chi connectivity index (χ4v) is 4.42. The van der Waals surface area contributed by atoms with Gasteiger partial charge in [0.15, 0.2) is 0 Å².